The fourth-order valence-corrected chi connectivity index (χ4v) is 1.59. The van der Waals surface area contributed by atoms with E-state index in [9.17, 15) is 4.79 Å². The molecule has 0 amide bonds. The Morgan fingerprint density at radius 2 is 2.06 bits per heavy atom. The normalized spacial score (nSPS) is 10.5. The summed E-state index contributed by atoms with van der Waals surface area (Å²) in [4.78, 5) is 14.5. The Hall–Kier alpha value is -1.88. The summed E-state index contributed by atoms with van der Waals surface area (Å²) in [5, 5.41) is 12.9. The monoisotopic (exact) mass is 266 g/mol. The Kier molecular flexibility index (Phi) is 3.94. The lowest BCUT2D eigenvalue weighted by atomic mass is 10.1. The molecule has 0 aliphatic carbocycles. The van der Waals surface area contributed by atoms with Gasteiger partial charge in [-0.25, -0.2) is 0 Å². The zero-order valence-corrected chi connectivity index (χ0v) is 10.2. The van der Waals surface area contributed by atoms with Crippen LogP contribution in [0.4, 0.5) is 0 Å². The summed E-state index contributed by atoms with van der Waals surface area (Å²) in [5.74, 6) is 0.0122. The van der Waals surface area contributed by atoms with E-state index in [0.717, 1.165) is 5.56 Å². The van der Waals surface area contributed by atoms with E-state index in [1.807, 2.05) is 12.1 Å². The maximum absolute atomic E-state index is 10.4. The summed E-state index contributed by atoms with van der Waals surface area (Å²) in [7, 11) is 0. The van der Waals surface area contributed by atoms with Crippen LogP contribution in [0.15, 0.2) is 28.8 Å². The molecule has 0 aliphatic heterocycles. The number of aryl methyl sites for hydroxylation is 1. The maximum atomic E-state index is 10.4. The second-order valence-electron chi connectivity index (χ2n) is 3.80. The predicted molar refractivity (Wildman–Crippen MR) is 64.5 cm³/mol. The average Bonchev–Trinajstić information content (AvgIpc) is 2.77. The molecule has 0 saturated heterocycles. The highest BCUT2D eigenvalue weighted by Gasteiger charge is 2.08. The fourth-order valence-electron chi connectivity index (χ4n) is 1.46. The first-order valence-electron chi connectivity index (χ1n) is 5.41. The van der Waals surface area contributed by atoms with Gasteiger partial charge in [0.25, 0.3) is 0 Å². The smallest absolute Gasteiger partial charge is 0.303 e. The van der Waals surface area contributed by atoms with Crippen molar-refractivity contribution in [3.8, 4) is 0 Å². The number of aromatic nitrogens is 2. The van der Waals surface area contributed by atoms with Crippen molar-refractivity contribution >= 4 is 17.6 Å². The lowest BCUT2D eigenvalue weighted by Gasteiger charge is -1.96. The number of hydrogen-bond acceptors (Lipinski definition) is 4. The van der Waals surface area contributed by atoms with Gasteiger partial charge in [-0.1, -0.05) is 28.9 Å². The molecule has 5 nitrogen and oxygen atoms in total. The van der Waals surface area contributed by atoms with E-state index in [0.29, 0.717) is 23.2 Å². The van der Waals surface area contributed by atoms with Crippen molar-refractivity contribution in [2.45, 2.75) is 19.3 Å². The molecule has 18 heavy (non-hydrogen) atoms. The fraction of sp³-hybridized carbons (Fsp3) is 0.250. The second-order valence-corrected chi connectivity index (χ2v) is 4.24. The standard InChI is InChI=1S/C12H11ClN2O3/c13-9-3-1-8(2-4-9)7-11-14-10(15-18-11)5-6-12(16)17/h1-4H,5-7H2,(H,16,17). The van der Waals surface area contributed by atoms with E-state index in [4.69, 9.17) is 21.2 Å². The van der Waals surface area contributed by atoms with Gasteiger partial charge in [-0.2, -0.15) is 4.98 Å². The summed E-state index contributed by atoms with van der Waals surface area (Å²) in [6.45, 7) is 0. The molecule has 1 heterocycles. The lowest BCUT2D eigenvalue weighted by molar-refractivity contribution is -0.137. The molecule has 2 rings (SSSR count). The van der Waals surface area contributed by atoms with E-state index in [1.165, 1.54) is 0 Å². The highest BCUT2D eigenvalue weighted by molar-refractivity contribution is 6.30. The molecular formula is C12H11ClN2O3. The van der Waals surface area contributed by atoms with E-state index >= 15 is 0 Å². The number of benzene rings is 1. The van der Waals surface area contributed by atoms with Crippen LogP contribution in [0.2, 0.25) is 5.02 Å². The first kappa shape index (κ1) is 12.6. The van der Waals surface area contributed by atoms with Gasteiger partial charge in [0.15, 0.2) is 5.82 Å². The second kappa shape index (κ2) is 5.64. The largest absolute Gasteiger partial charge is 0.481 e. The quantitative estimate of drug-likeness (QED) is 0.899. The molecule has 1 N–H and O–H groups in total. The van der Waals surface area contributed by atoms with Gasteiger partial charge in [0.2, 0.25) is 5.89 Å². The number of hydrogen-bond donors (Lipinski definition) is 1. The number of carbonyl (C=O) groups is 1. The van der Waals surface area contributed by atoms with Crippen molar-refractivity contribution in [2.24, 2.45) is 0 Å². The van der Waals surface area contributed by atoms with Crippen molar-refractivity contribution in [1.29, 1.82) is 0 Å². The van der Waals surface area contributed by atoms with Crippen molar-refractivity contribution < 1.29 is 14.4 Å². The molecule has 0 saturated carbocycles. The minimum Gasteiger partial charge on any atom is -0.481 e. The predicted octanol–water partition coefficient (Wildman–Crippen LogP) is 2.33. The van der Waals surface area contributed by atoms with Crippen LogP contribution in [0.3, 0.4) is 0 Å². The third kappa shape index (κ3) is 3.56. The highest BCUT2D eigenvalue weighted by Crippen LogP contribution is 2.13. The van der Waals surface area contributed by atoms with Crippen molar-refractivity contribution in [3.05, 3.63) is 46.6 Å². The van der Waals surface area contributed by atoms with Crippen LogP contribution in [-0.4, -0.2) is 21.2 Å². The van der Waals surface area contributed by atoms with E-state index in [-0.39, 0.29) is 12.8 Å². The van der Waals surface area contributed by atoms with Crippen molar-refractivity contribution in [1.82, 2.24) is 10.1 Å². The number of rotatable bonds is 5. The average molecular weight is 267 g/mol. The number of nitrogens with zero attached hydrogens (tertiary/aromatic N) is 2. The van der Waals surface area contributed by atoms with Gasteiger partial charge in [-0.3, -0.25) is 4.79 Å². The van der Waals surface area contributed by atoms with Gasteiger partial charge in [0.05, 0.1) is 12.8 Å². The van der Waals surface area contributed by atoms with Crippen LogP contribution in [0.1, 0.15) is 23.7 Å². The SMILES string of the molecule is O=C(O)CCc1noc(Cc2ccc(Cl)cc2)n1. The number of aliphatic carboxylic acids is 1. The van der Waals surface area contributed by atoms with E-state index < -0.39 is 5.97 Å². The molecule has 0 unspecified atom stereocenters. The lowest BCUT2D eigenvalue weighted by Crippen LogP contribution is -1.99. The molecule has 0 aliphatic rings. The molecule has 0 fully saturated rings. The zero-order valence-electron chi connectivity index (χ0n) is 9.47. The molecular weight excluding hydrogens is 256 g/mol. The third-order valence-corrected chi connectivity index (χ3v) is 2.59. The minimum atomic E-state index is -0.876. The van der Waals surface area contributed by atoms with Gasteiger partial charge in [0.1, 0.15) is 0 Å². The molecule has 1 aromatic heterocycles. The van der Waals surface area contributed by atoms with Gasteiger partial charge in [-0.05, 0) is 17.7 Å². The van der Waals surface area contributed by atoms with E-state index in [2.05, 4.69) is 10.1 Å². The van der Waals surface area contributed by atoms with Gasteiger partial charge >= 0.3 is 5.97 Å². The number of carboxylic acids is 1. The van der Waals surface area contributed by atoms with Crippen LogP contribution in [0.5, 0.6) is 0 Å². The molecule has 0 spiro atoms. The van der Waals surface area contributed by atoms with Crippen LogP contribution >= 0.6 is 11.6 Å². The van der Waals surface area contributed by atoms with Crippen molar-refractivity contribution in [3.63, 3.8) is 0 Å². The van der Waals surface area contributed by atoms with Gasteiger partial charge in [0, 0.05) is 11.4 Å². The molecule has 0 bridgehead atoms. The summed E-state index contributed by atoms with van der Waals surface area (Å²) >= 11 is 5.78. The Balaban J connectivity index is 1.97. The zero-order chi connectivity index (χ0) is 13.0. The number of halogens is 1. The maximum Gasteiger partial charge on any atom is 0.303 e. The van der Waals surface area contributed by atoms with E-state index in [1.54, 1.807) is 12.1 Å². The van der Waals surface area contributed by atoms with Crippen LogP contribution < -0.4 is 0 Å². The summed E-state index contributed by atoms with van der Waals surface area (Å²) in [5.41, 5.74) is 1.01. The Labute approximate surface area is 108 Å². The molecule has 1 aromatic carbocycles. The Bertz CT molecular complexity index is 537. The van der Waals surface area contributed by atoms with Gasteiger partial charge in [-0.15, -0.1) is 0 Å². The molecule has 6 heteroatoms. The van der Waals surface area contributed by atoms with Crippen molar-refractivity contribution in [2.75, 3.05) is 0 Å². The summed E-state index contributed by atoms with van der Waals surface area (Å²) in [6.07, 6.45) is 0.788. The van der Waals surface area contributed by atoms with Crippen LogP contribution in [-0.2, 0) is 17.6 Å². The summed E-state index contributed by atoms with van der Waals surface area (Å²) < 4.78 is 5.04. The minimum absolute atomic E-state index is 0.0000811. The third-order valence-electron chi connectivity index (χ3n) is 2.34. The first-order valence-corrected chi connectivity index (χ1v) is 5.79. The van der Waals surface area contributed by atoms with Gasteiger partial charge < -0.3 is 9.63 Å². The highest BCUT2D eigenvalue weighted by atomic mass is 35.5. The molecule has 94 valence electrons. The van der Waals surface area contributed by atoms with Crippen LogP contribution in [0, 0.1) is 0 Å². The first-order chi connectivity index (χ1) is 8.63. The Morgan fingerprint density at radius 3 is 2.72 bits per heavy atom. The molecule has 2 aromatic rings. The Morgan fingerprint density at radius 1 is 1.33 bits per heavy atom. The van der Waals surface area contributed by atoms with Crippen LogP contribution in [0.25, 0.3) is 0 Å². The molecule has 0 radical (unpaired) electrons. The molecule has 0 atom stereocenters. The summed E-state index contributed by atoms with van der Waals surface area (Å²) in [6, 6.07) is 7.34. The topological polar surface area (TPSA) is 76.2 Å². The number of carboxylic acid groups (broad SMARTS) is 1.